The van der Waals surface area contributed by atoms with E-state index < -0.39 is 9.05 Å². The second-order valence-corrected chi connectivity index (χ2v) is 5.76. The predicted molar refractivity (Wildman–Crippen MR) is 69.5 cm³/mol. The molecule has 0 heterocycles. The van der Waals surface area contributed by atoms with Gasteiger partial charge in [0.1, 0.15) is 0 Å². The summed E-state index contributed by atoms with van der Waals surface area (Å²) in [5.41, 5.74) is 5.48. The Morgan fingerprint density at radius 3 is 1.82 bits per heavy atom. The average molecular weight is 265 g/mol. The molecule has 0 aromatic rings. The SMILES string of the molecule is CCO[Si](OCC)(OCC)OC(C)CCCN. The van der Waals surface area contributed by atoms with Crippen LogP contribution in [0.1, 0.15) is 40.5 Å². The predicted octanol–water partition coefficient (Wildman–Crippen LogP) is 1.68. The summed E-state index contributed by atoms with van der Waals surface area (Å²) in [5.74, 6) is 0. The molecule has 0 bridgehead atoms. The molecular formula is C11H27NO4Si. The fourth-order valence-electron chi connectivity index (χ4n) is 1.47. The molecule has 1 unspecified atom stereocenters. The van der Waals surface area contributed by atoms with Gasteiger partial charge in [0.15, 0.2) is 0 Å². The quantitative estimate of drug-likeness (QED) is 0.576. The molecule has 0 radical (unpaired) electrons. The second-order valence-electron chi connectivity index (χ2n) is 3.66. The third kappa shape index (κ3) is 7.12. The summed E-state index contributed by atoms with van der Waals surface area (Å²) >= 11 is 0. The van der Waals surface area contributed by atoms with Crippen LogP contribution < -0.4 is 5.73 Å². The maximum absolute atomic E-state index is 5.88. The van der Waals surface area contributed by atoms with Crippen molar-refractivity contribution >= 4 is 9.05 Å². The van der Waals surface area contributed by atoms with E-state index in [4.69, 9.17) is 23.4 Å². The van der Waals surface area contributed by atoms with Crippen LogP contribution in [-0.4, -0.2) is 41.5 Å². The molecule has 0 saturated heterocycles. The third-order valence-electron chi connectivity index (χ3n) is 2.12. The van der Waals surface area contributed by atoms with Crippen molar-refractivity contribution in [1.29, 1.82) is 0 Å². The maximum Gasteiger partial charge on any atom is 0.679 e. The van der Waals surface area contributed by atoms with Gasteiger partial charge in [-0.05, 0) is 47.1 Å². The number of nitrogens with two attached hydrogens (primary N) is 1. The Morgan fingerprint density at radius 1 is 1.00 bits per heavy atom. The van der Waals surface area contributed by atoms with E-state index in [-0.39, 0.29) is 6.10 Å². The number of hydrogen-bond acceptors (Lipinski definition) is 5. The van der Waals surface area contributed by atoms with Crippen LogP contribution in [0.2, 0.25) is 0 Å². The zero-order chi connectivity index (χ0) is 13.1. The molecule has 0 aliphatic rings. The Hall–Kier alpha value is 0.0169. The monoisotopic (exact) mass is 265 g/mol. The lowest BCUT2D eigenvalue weighted by molar-refractivity contribution is -0.0479. The molecular weight excluding hydrogens is 238 g/mol. The van der Waals surface area contributed by atoms with E-state index >= 15 is 0 Å². The van der Waals surface area contributed by atoms with Crippen molar-refractivity contribution in [1.82, 2.24) is 0 Å². The van der Waals surface area contributed by atoms with Crippen LogP contribution in [0.3, 0.4) is 0 Å². The van der Waals surface area contributed by atoms with Crippen LogP contribution in [0.15, 0.2) is 0 Å². The Bertz CT molecular complexity index is 166. The summed E-state index contributed by atoms with van der Waals surface area (Å²) in [5, 5.41) is 0. The van der Waals surface area contributed by atoms with E-state index in [2.05, 4.69) is 0 Å². The summed E-state index contributed by atoms with van der Waals surface area (Å²) < 4.78 is 22.7. The van der Waals surface area contributed by atoms with E-state index in [1.165, 1.54) is 0 Å². The summed E-state index contributed by atoms with van der Waals surface area (Å²) in [4.78, 5) is 0. The molecule has 1 atom stereocenters. The van der Waals surface area contributed by atoms with E-state index in [0.29, 0.717) is 26.4 Å². The molecule has 104 valence electrons. The van der Waals surface area contributed by atoms with Crippen molar-refractivity contribution in [3.63, 3.8) is 0 Å². The van der Waals surface area contributed by atoms with Crippen molar-refractivity contribution in [3.05, 3.63) is 0 Å². The van der Waals surface area contributed by atoms with Crippen LogP contribution >= 0.6 is 0 Å². The van der Waals surface area contributed by atoms with Crippen LogP contribution in [0.25, 0.3) is 0 Å². The van der Waals surface area contributed by atoms with Crippen LogP contribution in [0.5, 0.6) is 0 Å². The van der Waals surface area contributed by atoms with Crippen molar-refractivity contribution in [2.24, 2.45) is 5.73 Å². The molecule has 0 aromatic heterocycles. The van der Waals surface area contributed by atoms with Gasteiger partial charge in [0.25, 0.3) is 0 Å². The van der Waals surface area contributed by atoms with E-state index in [9.17, 15) is 0 Å². The molecule has 0 aliphatic heterocycles. The third-order valence-corrected chi connectivity index (χ3v) is 4.74. The highest BCUT2D eigenvalue weighted by atomic mass is 28.4. The molecule has 17 heavy (non-hydrogen) atoms. The Labute approximate surface area is 106 Å². The molecule has 0 amide bonds. The van der Waals surface area contributed by atoms with E-state index in [1.807, 2.05) is 27.7 Å². The largest absolute Gasteiger partial charge is 0.679 e. The highest BCUT2D eigenvalue weighted by Crippen LogP contribution is 2.16. The molecule has 0 aliphatic carbocycles. The normalized spacial score (nSPS) is 13.9. The van der Waals surface area contributed by atoms with Crippen LogP contribution in [-0.2, 0) is 17.7 Å². The number of hydrogen-bond donors (Lipinski definition) is 1. The van der Waals surface area contributed by atoms with Crippen LogP contribution in [0.4, 0.5) is 0 Å². The van der Waals surface area contributed by atoms with Gasteiger partial charge in [-0.25, -0.2) is 0 Å². The van der Waals surface area contributed by atoms with Gasteiger partial charge in [-0.2, -0.15) is 0 Å². The first-order valence-electron chi connectivity index (χ1n) is 6.43. The second kappa shape index (κ2) is 9.99. The van der Waals surface area contributed by atoms with Gasteiger partial charge >= 0.3 is 9.05 Å². The van der Waals surface area contributed by atoms with Gasteiger partial charge < -0.3 is 23.4 Å². The fourth-order valence-corrected chi connectivity index (χ4v) is 3.59. The van der Waals surface area contributed by atoms with Crippen molar-refractivity contribution < 1.29 is 17.7 Å². The lowest BCUT2D eigenvalue weighted by Crippen LogP contribution is -2.51. The average Bonchev–Trinajstić information content (AvgIpc) is 2.27. The van der Waals surface area contributed by atoms with Crippen molar-refractivity contribution in [2.75, 3.05) is 26.4 Å². The lowest BCUT2D eigenvalue weighted by Gasteiger charge is -2.29. The zero-order valence-electron chi connectivity index (χ0n) is 11.5. The van der Waals surface area contributed by atoms with E-state index in [1.54, 1.807) is 0 Å². The minimum absolute atomic E-state index is 0.0369. The minimum atomic E-state index is -2.95. The van der Waals surface area contributed by atoms with Gasteiger partial charge in [0, 0.05) is 25.9 Å². The molecule has 5 nitrogen and oxygen atoms in total. The zero-order valence-corrected chi connectivity index (χ0v) is 12.5. The molecule has 0 fully saturated rings. The molecule has 0 rings (SSSR count). The summed E-state index contributed by atoms with van der Waals surface area (Å²) in [6.07, 6.45) is 1.85. The molecule has 0 aromatic carbocycles. The molecule has 0 spiro atoms. The Kier molecular flexibility index (Phi) is 10.00. The molecule has 0 saturated carbocycles. The highest BCUT2D eigenvalue weighted by molar-refractivity contribution is 6.53. The standard InChI is InChI=1S/C11H27NO4Si/c1-5-13-17(14-6-2,15-7-3)16-11(4)9-8-10-12/h11H,5-10,12H2,1-4H3. The van der Waals surface area contributed by atoms with E-state index in [0.717, 1.165) is 12.8 Å². The van der Waals surface area contributed by atoms with Gasteiger partial charge in [0.05, 0.1) is 0 Å². The first-order valence-corrected chi connectivity index (χ1v) is 8.07. The van der Waals surface area contributed by atoms with Crippen molar-refractivity contribution in [2.45, 2.75) is 46.6 Å². The summed E-state index contributed by atoms with van der Waals surface area (Å²) in [6.45, 7) is 9.96. The fraction of sp³-hybridized carbons (Fsp3) is 1.00. The topological polar surface area (TPSA) is 62.9 Å². The lowest BCUT2D eigenvalue weighted by atomic mass is 10.2. The maximum atomic E-state index is 5.88. The smallest absolute Gasteiger partial charge is 0.351 e. The minimum Gasteiger partial charge on any atom is -0.351 e. The Balaban J connectivity index is 4.40. The first-order chi connectivity index (χ1) is 8.14. The summed E-state index contributed by atoms with van der Waals surface area (Å²) in [7, 11) is -2.95. The molecule has 2 N–H and O–H groups in total. The highest BCUT2D eigenvalue weighted by Gasteiger charge is 2.46. The first kappa shape index (κ1) is 17.0. The Morgan fingerprint density at radius 2 is 1.47 bits per heavy atom. The van der Waals surface area contributed by atoms with Crippen molar-refractivity contribution in [3.8, 4) is 0 Å². The summed E-state index contributed by atoms with van der Waals surface area (Å²) in [6, 6.07) is 0. The van der Waals surface area contributed by atoms with Gasteiger partial charge in [-0.1, -0.05) is 0 Å². The van der Waals surface area contributed by atoms with Gasteiger partial charge in [0.2, 0.25) is 0 Å². The van der Waals surface area contributed by atoms with Gasteiger partial charge in [-0.3, -0.25) is 0 Å². The van der Waals surface area contributed by atoms with Crippen LogP contribution in [0, 0.1) is 0 Å². The number of rotatable bonds is 11. The van der Waals surface area contributed by atoms with Gasteiger partial charge in [-0.15, -0.1) is 0 Å². The molecule has 6 heteroatoms.